The fourth-order valence-corrected chi connectivity index (χ4v) is 2.71. The summed E-state index contributed by atoms with van der Waals surface area (Å²) in [6.45, 7) is 3.49. The SMILES string of the molecule is Cc1ccc2c(c1)NC(=O)[C@](C)(C(=O)Nc1ccc3c(c1)OCO3)O2. The summed E-state index contributed by atoms with van der Waals surface area (Å²) >= 11 is 0. The zero-order valence-corrected chi connectivity index (χ0v) is 13.7. The number of nitrogens with one attached hydrogen (secondary N) is 2. The van der Waals surface area contributed by atoms with Crippen LogP contribution in [0.3, 0.4) is 0 Å². The molecule has 4 rings (SSSR count). The fourth-order valence-electron chi connectivity index (χ4n) is 2.71. The Kier molecular flexibility index (Phi) is 3.31. The number of benzene rings is 2. The van der Waals surface area contributed by atoms with Crippen LogP contribution in [0.4, 0.5) is 11.4 Å². The molecule has 0 unspecified atom stereocenters. The van der Waals surface area contributed by atoms with Crippen LogP contribution in [-0.2, 0) is 9.59 Å². The van der Waals surface area contributed by atoms with E-state index in [-0.39, 0.29) is 6.79 Å². The summed E-state index contributed by atoms with van der Waals surface area (Å²) in [7, 11) is 0. The van der Waals surface area contributed by atoms with Gasteiger partial charge in [-0.1, -0.05) is 6.07 Å². The minimum atomic E-state index is -1.68. The van der Waals surface area contributed by atoms with Crippen molar-refractivity contribution in [2.75, 3.05) is 17.4 Å². The molecule has 7 nitrogen and oxygen atoms in total. The minimum absolute atomic E-state index is 0.145. The van der Waals surface area contributed by atoms with Crippen LogP contribution in [0, 0.1) is 6.92 Å². The summed E-state index contributed by atoms with van der Waals surface area (Å²) in [5, 5.41) is 5.42. The van der Waals surface area contributed by atoms with Crippen molar-refractivity contribution in [3.05, 3.63) is 42.0 Å². The summed E-state index contributed by atoms with van der Waals surface area (Å²) < 4.78 is 16.3. The number of carbonyl (C=O) groups is 2. The molecule has 0 aromatic heterocycles. The highest BCUT2D eigenvalue weighted by molar-refractivity contribution is 6.19. The van der Waals surface area contributed by atoms with Crippen LogP contribution in [-0.4, -0.2) is 24.2 Å². The molecule has 2 N–H and O–H groups in total. The lowest BCUT2D eigenvalue weighted by atomic mass is 10.0. The first-order valence-electron chi connectivity index (χ1n) is 7.78. The van der Waals surface area contributed by atoms with Crippen LogP contribution >= 0.6 is 0 Å². The number of aryl methyl sites for hydroxylation is 1. The van der Waals surface area contributed by atoms with Crippen molar-refractivity contribution in [1.82, 2.24) is 0 Å². The van der Waals surface area contributed by atoms with Gasteiger partial charge >= 0.3 is 0 Å². The summed E-state index contributed by atoms with van der Waals surface area (Å²) in [5.41, 5.74) is 0.342. The van der Waals surface area contributed by atoms with E-state index in [9.17, 15) is 9.59 Å². The number of anilines is 2. The second-order valence-corrected chi connectivity index (χ2v) is 6.11. The Morgan fingerprint density at radius 2 is 1.88 bits per heavy atom. The van der Waals surface area contributed by atoms with E-state index in [1.807, 2.05) is 13.0 Å². The van der Waals surface area contributed by atoms with Crippen LogP contribution in [0.15, 0.2) is 36.4 Å². The maximum Gasteiger partial charge on any atom is 0.278 e. The lowest BCUT2D eigenvalue weighted by Crippen LogP contribution is -2.56. The molecule has 2 amide bonds. The van der Waals surface area contributed by atoms with Crippen molar-refractivity contribution in [3.8, 4) is 17.2 Å². The molecule has 1 atom stereocenters. The number of fused-ring (bicyclic) bond motifs is 2. The molecule has 7 heteroatoms. The quantitative estimate of drug-likeness (QED) is 0.820. The Morgan fingerprint density at radius 3 is 2.72 bits per heavy atom. The van der Waals surface area contributed by atoms with E-state index >= 15 is 0 Å². The molecule has 2 heterocycles. The van der Waals surface area contributed by atoms with Gasteiger partial charge in [-0.05, 0) is 43.7 Å². The Hall–Kier alpha value is -3.22. The largest absolute Gasteiger partial charge is 0.466 e. The maximum absolute atomic E-state index is 12.7. The van der Waals surface area contributed by atoms with E-state index in [0.29, 0.717) is 28.6 Å². The molecule has 0 fully saturated rings. The summed E-state index contributed by atoms with van der Waals surface area (Å²) in [6, 6.07) is 10.4. The van der Waals surface area contributed by atoms with Crippen LogP contribution in [0.5, 0.6) is 17.2 Å². The van der Waals surface area contributed by atoms with Crippen LogP contribution in [0.25, 0.3) is 0 Å². The molecule has 0 saturated heterocycles. The van der Waals surface area contributed by atoms with Gasteiger partial charge in [0.05, 0.1) is 5.69 Å². The average molecular weight is 340 g/mol. The van der Waals surface area contributed by atoms with Crippen molar-refractivity contribution < 1.29 is 23.8 Å². The third kappa shape index (κ3) is 2.53. The highest BCUT2D eigenvalue weighted by atomic mass is 16.7. The topological polar surface area (TPSA) is 85.9 Å². The lowest BCUT2D eigenvalue weighted by Gasteiger charge is -2.33. The fraction of sp³-hybridized carbons (Fsp3) is 0.222. The van der Waals surface area contributed by atoms with Gasteiger partial charge < -0.3 is 24.8 Å². The van der Waals surface area contributed by atoms with E-state index < -0.39 is 17.4 Å². The highest BCUT2D eigenvalue weighted by Gasteiger charge is 2.47. The van der Waals surface area contributed by atoms with E-state index in [0.717, 1.165) is 5.56 Å². The zero-order valence-electron chi connectivity index (χ0n) is 13.7. The van der Waals surface area contributed by atoms with Gasteiger partial charge in [-0.2, -0.15) is 0 Å². The van der Waals surface area contributed by atoms with Gasteiger partial charge in [-0.3, -0.25) is 9.59 Å². The third-order valence-electron chi connectivity index (χ3n) is 4.19. The highest BCUT2D eigenvalue weighted by Crippen LogP contribution is 2.36. The maximum atomic E-state index is 12.7. The predicted molar refractivity (Wildman–Crippen MR) is 90.0 cm³/mol. The van der Waals surface area contributed by atoms with Crippen molar-refractivity contribution in [1.29, 1.82) is 0 Å². The average Bonchev–Trinajstić information content (AvgIpc) is 3.04. The number of hydrogen-bond acceptors (Lipinski definition) is 5. The smallest absolute Gasteiger partial charge is 0.278 e. The molecule has 0 saturated carbocycles. The summed E-state index contributed by atoms with van der Waals surface area (Å²) in [4.78, 5) is 25.2. The number of carbonyl (C=O) groups excluding carboxylic acids is 2. The van der Waals surface area contributed by atoms with Gasteiger partial charge in [0.2, 0.25) is 6.79 Å². The van der Waals surface area contributed by atoms with Crippen molar-refractivity contribution in [2.45, 2.75) is 19.4 Å². The standard InChI is InChI=1S/C18H16N2O5/c1-10-3-5-13-12(7-10)20-17(22)18(2,25-13)16(21)19-11-4-6-14-15(8-11)24-9-23-14/h3-8H,9H2,1-2H3,(H,19,21)(H,20,22)/t18-/m0/s1. The molecule has 2 aliphatic rings. The van der Waals surface area contributed by atoms with Gasteiger partial charge in [0.25, 0.3) is 17.4 Å². The third-order valence-corrected chi connectivity index (χ3v) is 4.19. The van der Waals surface area contributed by atoms with E-state index in [1.54, 1.807) is 30.3 Å². The van der Waals surface area contributed by atoms with Crippen LogP contribution in [0.2, 0.25) is 0 Å². The molecule has 128 valence electrons. The van der Waals surface area contributed by atoms with Gasteiger partial charge in [-0.15, -0.1) is 0 Å². The van der Waals surface area contributed by atoms with Gasteiger partial charge in [0.1, 0.15) is 5.75 Å². The zero-order chi connectivity index (χ0) is 17.6. The molecule has 0 spiro atoms. The van der Waals surface area contributed by atoms with Gasteiger partial charge in [0, 0.05) is 11.8 Å². The molecule has 2 aliphatic heterocycles. The van der Waals surface area contributed by atoms with Crippen LogP contribution < -0.4 is 24.8 Å². The van der Waals surface area contributed by atoms with Gasteiger partial charge in [-0.25, -0.2) is 0 Å². The monoisotopic (exact) mass is 340 g/mol. The number of ether oxygens (including phenoxy) is 3. The van der Waals surface area contributed by atoms with E-state index in [2.05, 4.69) is 10.6 Å². The van der Waals surface area contributed by atoms with Crippen LogP contribution in [0.1, 0.15) is 12.5 Å². The molecule has 0 radical (unpaired) electrons. The molecule has 2 aromatic rings. The summed E-state index contributed by atoms with van der Waals surface area (Å²) in [5.74, 6) is 0.505. The van der Waals surface area contributed by atoms with Crippen molar-refractivity contribution >= 4 is 23.2 Å². The number of hydrogen-bond donors (Lipinski definition) is 2. The second-order valence-electron chi connectivity index (χ2n) is 6.11. The lowest BCUT2D eigenvalue weighted by molar-refractivity contribution is -0.143. The molecular formula is C18H16N2O5. The summed E-state index contributed by atoms with van der Waals surface area (Å²) in [6.07, 6.45) is 0. The Labute approximate surface area is 143 Å². The second kappa shape index (κ2) is 5.41. The molecule has 25 heavy (non-hydrogen) atoms. The molecule has 2 aromatic carbocycles. The predicted octanol–water partition coefficient (Wildman–Crippen LogP) is 2.45. The van der Waals surface area contributed by atoms with Crippen molar-refractivity contribution in [3.63, 3.8) is 0 Å². The van der Waals surface area contributed by atoms with Gasteiger partial charge in [0.15, 0.2) is 11.5 Å². The first kappa shape index (κ1) is 15.3. The first-order valence-corrected chi connectivity index (χ1v) is 7.78. The first-order chi connectivity index (χ1) is 12.0. The minimum Gasteiger partial charge on any atom is -0.466 e. The van der Waals surface area contributed by atoms with Crippen molar-refractivity contribution in [2.24, 2.45) is 0 Å². The Balaban J connectivity index is 1.58. The van der Waals surface area contributed by atoms with E-state index in [1.165, 1.54) is 6.92 Å². The Morgan fingerprint density at radius 1 is 1.12 bits per heavy atom. The molecule has 0 aliphatic carbocycles. The number of rotatable bonds is 2. The molecular weight excluding hydrogens is 324 g/mol. The van der Waals surface area contributed by atoms with E-state index in [4.69, 9.17) is 14.2 Å². The normalized spacial score (nSPS) is 20.3. The Bertz CT molecular complexity index is 895. The molecule has 0 bridgehead atoms. The number of amides is 2.